The lowest BCUT2D eigenvalue weighted by atomic mass is 10.1. The van der Waals surface area contributed by atoms with Gasteiger partial charge in [0.05, 0.1) is 17.3 Å². The van der Waals surface area contributed by atoms with Crippen molar-refractivity contribution in [2.75, 3.05) is 5.32 Å². The van der Waals surface area contributed by atoms with Gasteiger partial charge in [-0.25, -0.2) is 0 Å². The highest BCUT2D eigenvalue weighted by Crippen LogP contribution is 2.24. The molecule has 2 aromatic rings. The van der Waals surface area contributed by atoms with E-state index in [2.05, 4.69) is 16.4 Å². The Morgan fingerprint density at radius 3 is 3.00 bits per heavy atom. The molecule has 0 aliphatic carbocycles. The molecule has 1 aromatic carbocycles. The Labute approximate surface area is 86.5 Å². The van der Waals surface area contributed by atoms with Crippen molar-refractivity contribution in [2.45, 2.75) is 6.92 Å². The van der Waals surface area contributed by atoms with E-state index < -0.39 is 0 Å². The number of amides is 1. The van der Waals surface area contributed by atoms with Crippen molar-refractivity contribution in [3.63, 3.8) is 0 Å². The third kappa shape index (κ3) is 1.67. The smallest absolute Gasteiger partial charge is 0.221 e. The van der Waals surface area contributed by atoms with Gasteiger partial charge in [-0.05, 0) is 18.2 Å². The predicted molar refractivity (Wildman–Crippen MR) is 57.3 cm³/mol. The summed E-state index contributed by atoms with van der Waals surface area (Å²) in [7, 11) is 0. The Kier molecular flexibility index (Phi) is 2.14. The first-order chi connectivity index (χ1) is 7.20. The number of nitrogens with one attached hydrogen (secondary N) is 2. The van der Waals surface area contributed by atoms with Gasteiger partial charge in [0, 0.05) is 24.0 Å². The number of H-pyrrole nitrogens is 1. The monoisotopic (exact) mass is 199 g/mol. The second-order valence-electron chi connectivity index (χ2n) is 3.26. The summed E-state index contributed by atoms with van der Waals surface area (Å²) in [6.45, 7) is 1.44. The molecule has 0 saturated carbocycles. The zero-order valence-corrected chi connectivity index (χ0v) is 8.16. The number of fused-ring (bicyclic) bond motifs is 1. The number of hydrogen-bond donors (Lipinski definition) is 2. The van der Waals surface area contributed by atoms with Crippen LogP contribution in [-0.4, -0.2) is 10.9 Å². The Balaban J connectivity index is 2.64. The zero-order chi connectivity index (χ0) is 10.8. The average Bonchev–Trinajstić information content (AvgIpc) is 2.64. The van der Waals surface area contributed by atoms with Crippen molar-refractivity contribution in [3.05, 3.63) is 30.0 Å². The highest BCUT2D eigenvalue weighted by atomic mass is 16.1. The number of aromatic amines is 1. The number of nitrogens with zero attached hydrogens (tertiary/aromatic N) is 1. The third-order valence-electron chi connectivity index (χ3n) is 2.11. The molecular weight excluding hydrogens is 190 g/mol. The molecule has 15 heavy (non-hydrogen) atoms. The SMILES string of the molecule is CC(=O)Nc1cc(C#N)cc2[nH]ccc12. The van der Waals surface area contributed by atoms with Crippen LogP contribution in [0.4, 0.5) is 5.69 Å². The molecule has 2 N–H and O–H groups in total. The summed E-state index contributed by atoms with van der Waals surface area (Å²) in [4.78, 5) is 14.0. The van der Waals surface area contributed by atoms with Gasteiger partial charge in [0.2, 0.25) is 5.91 Å². The topological polar surface area (TPSA) is 68.7 Å². The van der Waals surface area contributed by atoms with Crippen LogP contribution in [0.2, 0.25) is 0 Å². The first-order valence-electron chi connectivity index (χ1n) is 4.49. The van der Waals surface area contributed by atoms with Gasteiger partial charge in [0.15, 0.2) is 0 Å². The van der Waals surface area contributed by atoms with Crippen LogP contribution in [0.1, 0.15) is 12.5 Å². The van der Waals surface area contributed by atoms with Crippen LogP contribution >= 0.6 is 0 Å². The molecule has 0 spiro atoms. The molecule has 0 radical (unpaired) electrons. The van der Waals surface area contributed by atoms with Gasteiger partial charge in [0.25, 0.3) is 0 Å². The molecule has 0 saturated heterocycles. The predicted octanol–water partition coefficient (Wildman–Crippen LogP) is 2.00. The first kappa shape index (κ1) is 9.28. The molecule has 74 valence electrons. The Hall–Kier alpha value is -2.28. The second-order valence-corrected chi connectivity index (χ2v) is 3.26. The van der Waals surface area contributed by atoms with Crippen LogP contribution < -0.4 is 5.32 Å². The van der Waals surface area contributed by atoms with Crippen molar-refractivity contribution >= 4 is 22.5 Å². The maximum atomic E-state index is 11.0. The van der Waals surface area contributed by atoms with E-state index in [0.29, 0.717) is 11.3 Å². The normalized spacial score (nSPS) is 9.87. The summed E-state index contributed by atoms with van der Waals surface area (Å²) in [5.74, 6) is -0.146. The van der Waals surface area contributed by atoms with E-state index in [0.717, 1.165) is 10.9 Å². The average molecular weight is 199 g/mol. The van der Waals surface area contributed by atoms with Crippen molar-refractivity contribution in [1.29, 1.82) is 5.26 Å². The van der Waals surface area contributed by atoms with Crippen LogP contribution in [0, 0.1) is 11.3 Å². The van der Waals surface area contributed by atoms with E-state index in [9.17, 15) is 4.79 Å². The minimum absolute atomic E-state index is 0.146. The molecule has 1 heterocycles. The summed E-state index contributed by atoms with van der Waals surface area (Å²) >= 11 is 0. The summed E-state index contributed by atoms with van der Waals surface area (Å²) in [5.41, 5.74) is 2.03. The van der Waals surface area contributed by atoms with Crippen LogP contribution in [0.25, 0.3) is 10.9 Å². The number of rotatable bonds is 1. The highest BCUT2D eigenvalue weighted by molar-refractivity contribution is 6.01. The van der Waals surface area contributed by atoms with Gasteiger partial charge in [-0.3, -0.25) is 4.79 Å². The van der Waals surface area contributed by atoms with Gasteiger partial charge in [-0.15, -0.1) is 0 Å². The van der Waals surface area contributed by atoms with Crippen molar-refractivity contribution in [3.8, 4) is 6.07 Å². The van der Waals surface area contributed by atoms with E-state index in [-0.39, 0.29) is 5.91 Å². The largest absolute Gasteiger partial charge is 0.361 e. The minimum atomic E-state index is -0.146. The lowest BCUT2D eigenvalue weighted by Crippen LogP contribution is -2.06. The number of carbonyl (C=O) groups excluding carboxylic acids is 1. The maximum Gasteiger partial charge on any atom is 0.221 e. The highest BCUT2D eigenvalue weighted by Gasteiger charge is 2.05. The van der Waals surface area contributed by atoms with Gasteiger partial charge in [-0.2, -0.15) is 5.26 Å². The molecule has 4 heteroatoms. The number of carbonyl (C=O) groups is 1. The van der Waals surface area contributed by atoms with E-state index in [1.54, 1.807) is 18.3 Å². The summed E-state index contributed by atoms with van der Waals surface area (Å²) in [6, 6.07) is 7.33. The number of aromatic nitrogens is 1. The fraction of sp³-hybridized carbons (Fsp3) is 0.0909. The van der Waals surface area contributed by atoms with E-state index in [1.165, 1.54) is 6.92 Å². The Morgan fingerprint density at radius 2 is 2.33 bits per heavy atom. The molecule has 0 aliphatic rings. The molecule has 4 nitrogen and oxygen atoms in total. The molecule has 1 aromatic heterocycles. The Morgan fingerprint density at radius 1 is 1.53 bits per heavy atom. The molecule has 0 fully saturated rings. The molecule has 0 unspecified atom stereocenters. The summed E-state index contributed by atoms with van der Waals surface area (Å²) in [5, 5.41) is 12.4. The van der Waals surface area contributed by atoms with Crippen LogP contribution in [-0.2, 0) is 4.79 Å². The van der Waals surface area contributed by atoms with Crippen molar-refractivity contribution in [2.24, 2.45) is 0 Å². The fourth-order valence-electron chi connectivity index (χ4n) is 1.52. The number of nitriles is 1. The van der Waals surface area contributed by atoms with Gasteiger partial charge in [-0.1, -0.05) is 0 Å². The van der Waals surface area contributed by atoms with Crippen molar-refractivity contribution < 1.29 is 4.79 Å². The van der Waals surface area contributed by atoms with Gasteiger partial charge < -0.3 is 10.3 Å². The maximum absolute atomic E-state index is 11.0. The number of benzene rings is 1. The minimum Gasteiger partial charge on any atom is -0.361 e. The van der Waals surface area contributed by atoms with Gasteiger partial charge >= 0.3 is 0 Å². The lowest BCUT2D eigenvalue weighted by molar-refractivity contribution is -0.114. The lowest BCUT2D eigenvalue weighted by Gasteiger charge is -2.04. The molecule has 1 amide bonds. The van der Waals surface area contributed by atoms with Crippen molar-refractivity contribution in [1.82, 2.24) is 4.98 Å². The summed E-state index contributed by atoms with van der Waals surface area (Å²) in [6.07, 6.45) is 1.77. The molecule has 0 atom stereocenters. The zero-order valence-electron chi connectivity index (χ0n) is 8.16. The van der Waals surface area contributed by atoms with E-state index in [4.69, 9.17) is 5.26 Å². The van der Waals surface area contributed by atoms with Gasteiger partial charge in [0.1, 0.15) is 0 Å². The quantitative estimate of drug-likeness (QED) is 0.737. The standard InChI is InChI=1S/C11H9N3O/c1-7(15)14-11-5-8(6-12)4-10-9(11)2-3-13-10/h2-5,13H,1H3,(H,14,15). The first-order valence-corrected chi connectivity index (χ1v) is 4.49. The fourth-order valence-corrected chi connectivity index (χ4v) is 1.52. The van der Waals surface area contributed by atoms with Crippen LogP contribution in [0.3, 0.4) is 0 Å². The summed E-state index contributed by atoms with van der Waals surface area (Å²) < 4.78 is 0. The molecule has 2 rings (SSSR count). The molecular formula is C11H9N3O. The number of anilines is 1. The second kappa shape index (κ2) is 3.46. The van der Waals surface area contributed by atoms with E-state index in [1.807, 2.05) is 6.07 Å². The Bertz CT molecular complexity index is 563. The molecule has 0 bridgehead atoms. The van der Waals surface area contributed by atoms with Crippen LogP contribution in [0.15, 0.2) is 24.4 Å². The third-order valence-corrected chi connectivity index (χ3v) is 2.11. The number of hydrogen-bond acceptors (Lipinski definition) is 2. The molecule has 0 aliphatic heterocycles. The van der Waals surface area contributed by atoms with Crippen LogP contribution in [0.5, 0.6) is 0 Å². The van der Waals surface area contributed by atoms with E-state index >= 15 is 0 Å².